The Morgan fingerprint density at radius 2 is 1.68 bits per heavy atom. The van der Waals surface area contributed by atoms with Gasteiger partial charge in [0.15, 0.2) is 23.1 Å². The number of hydrogen-bond acceptors (Lipinski definition) is 7. The van der Waals surface area contributed by atoms with Crippen molar-refractivity contribution >= 4 is 32.7 Å². The summed E-state index contributed by atoms with van der Waals surface area (Å²) in [5, 5.41) is 2.90. The Balaban J connectivity index is 1.72. The molecule has 0 fully saturated rings. The van der Waals surface area contributed by atoms with E-state index in [4.69, 9.17) is 15.9 Å². The van der Waals surface area contributed by atoms with Gasteiger partial charge in [0.05, 0.1) is 22.5 Å². The zero-order valence-electron chi connectivity index (χ0n) is 14.7. The highest BCUT2D eigenvalue weighted by Crippen LogP contribution is 2.33. The molecule has 0 radical (unpaired) electrons. The molecule has 9 heteroatoms. The van der Waals surface area contributed by atoms with Crippen molar-refractivity contribution in [1.29, 1.82) is 0 Å². The summed E-state index contributed by atoms with van der Waals surface area (Å²) in [7, 11) is -3.94. The highest BCUT2D eigenvalue weighted by Gasteiger charge is 2.22. The van der Waals surface area contributed by atoms with E-state index in [2.05, 4.69) is 25.9 Å². The van der Waals surface area contributed by atoms with Gasteiger partial charge in [0, 0.05) is 6.07 Å². The van der Waals surface area contributed by atoms with E-state index in [0.717, 1.165) is 0 Å². The molecule has 3 aromatic rings. The lowest BCUT2D eigenvalue weighted by molar-refractivity contribution is 0.171. The molecular weight excluding hydrogens is 380 g/mol. The molecule has 0 unspecified atom stereocenters. The molecule has 0 bridgehead atoms. The fourth-order valence-corrected chi connectivity index (χ4v) is 3.73. The zero-order chi connectivity index (χ0) is 19.6. The first-order chi connectivity index (χ1) is 13.6. The number of terminal acetylenes is 1. The first-order valence-electron chi connectivity index (χ1n) is 8.43. The zero-order valence-corrected chi connectivity index (χ0v) is 15.5. The molecule has 1 aromatic heterocycles. The van der Waals surface area contributed by atoms with Crippen LogP contribution >= 0.6 is 0 Å². The van der Waals surface area contributed by atoms with Crippen molar-refractivity contribution in [2.75, 3.05) is 29.8 Å². The molecule has 4 rings (SSSR count). The maximum atomic E-state index is 12.9. The minimum absolute atomic E-state index is 0.0228. The molecule has 0 saturated heterocycles. The molecule has 2 aromatic carbocycles. The average Bonchev–Trinajstić information content (AvgIpc) is 2.71. The highest BCUT2D eigenvalue weighted by molar-refractivity contribution is 7.92. The van der Waals surface area contributed by atoms with Crippen LogP contribution in [0.2, 0.25) is 0 Å². The van der Waals surface area contributed by atoms with Gasteiger partial charge in [-0.3, -0.25) is 4.72 Å². The number of nitrogens with zero attached hydrogens (tertiary/aromatic N) is 2. The molecule has 0 amide bonds. The summed E-state index contributed by atoms with van der Waals surface area (Å²) >= 11 is 0. The Kier molecular flexibility index (Phi) is 4.63. The molecule has 2 heterocycles. The molecule has 28 heavy (non-hydrogen) atoms. The van der Waals surface area contributed by atoms with Crippen LogP contribution in [0.5, 0.6) is 11.5 Å². The van der Waals surface area contributed by atoms with Gasteiger partial charge in [-0.05, 0) is 24.3 Å². The SMILES string of the molecule is C#CCNc1nc2ccccc2nc1NS(=O)(=O)c1ccc2c(c1)OCCO2. The molecule has 8 nitrogen and oxygen atoms in total. The molecule has 0 spiro atoms. The van der Waals surface area contributed by atoms with Gasteiger partial charge in [-0.1, -0.05) is 18.1 Å². The Labute approximate surface area is 162 Å². The number of rotatable bonds is 5. The summed E-state index contributed by atoms with van der Waals surface area (Å²) in [4.78, 5) is 8.83. The van der Waals surface area contributed by atoms with Gasteiger partial charge < -0.3 is 14.8 Å². The van der Waals surface area contributed by atoms with E-state index >= 15 is 0 Å². The van der Waals surface area contributed by atoms with Gasteiger partial charge in [-0.2, -0.15) is 0 Å². The molecule has 2 N–H and O–H groups in total. The Bertz CT molecular complexity index is 1190. The summed E-state index contributed by atoms with van der Waals surface area (Å²) in [6.07, 6.45) is 5.30. The monoisotopic (exact) mass is 396 g/mol. The predicted molar refractivity (Wildman–Crippen MR) is 105 cm³/mol. The van der Waals surface area contributed by atoms with Crippen molar-refractivity contribution < 1.29 is 17.9 Å². The fraction of sp³-hybridized carbons (Fsp3) is 0.158. The van der Waals surface area contributed by atoms with Crippen LogP contribution < -0.4 is 19.5 Å². The lowest BCUT2D eigenvalue weighted by atomic mass is 10.3. The Hall–Kier alpha value is -3.51. The number of anilines is 2. The number of para-hydroxylation sites is 2. The van der Waals surface area contributed by atoms with Crippen LogP contribution in [0.3, 0.4) is 0 Å². The second-order valence-corrected chi connectivity index (χ2v) is 7.56. The maximum Gasteiger partial charge on any atom is 0.263 e. The second-order valence-electron chi connectivity index (χ2n) is 5.88. The van der Waals surface area contributed by atoms with E-state index in [1.54, 1.807) is 24.3 Å². The number of ether oxygens (including phenoxy) is 2. The van der Waals surface area contributed by atoms with Gasteiger partial charge >= 0.3 is 0 Å². The van der Waals surface area contributed by atoms with Crippen molar-refractivity contribution in [2.45, 2.75) is 4.90 Å². The van der Waals surface area contributed by atoms with Crippen LogP contribution in [0.25, 0.3) is 11.0 Å². The predicted octanol–water partition coefficient (Wildman–Crippen LogP) is 2.25. The molecule has 0 saturated carbocycles. The van der Waals surface area contributed by atoms with E-state index in [1.165, 1.54) is 12.1 Å². The maximum absolute atomic E-state index is 12.9. The Morgan fingerprint density at radius 1 is 1.00 bits per heavy atom. The van der Waals surface area contributed by atoms with Gasteiger partial charge in [-0.25, -0.2) is 18.4 Å². The molecule has 1 aliphatic rings. The van der Waals surface area contributed by atoms with Crippen molar-refractivity contribution in [2.24, 2.45) is 0 Å². The van der Waals surface area contributed by atoms with Crippen LogP contribution in [0, 0.1) is 12.3 Å². The van der Waals surface area contributed by atoms with Gasteiger partial charge in [0.2, 0.25) is 0 Å². The van der Waals surface area contributed by atoms with Crippen LogP contribution in [0.15, 0.2) is 47.4 Å². The summed E-state index contributed by atoms with van der Waals surface area (Å²) in [5.41, 5.74) is 1.16. The molecule has 142 valence electrons. The normalized spacial score (nSPS) is 13.0. The average molecular weight is 396 g/mol. The lowest BCUT2D eigenvalue weighted by Gasteiger charge is -2.19. The number of nitrogens with one attached hydrogen (secondary N) is 2. The van der Waals surface area contributed by atoms with E-state index in [0.29, 0.717) is 35.7 Å². The van der Waals surface area contributed by atoms with E-state index in [-0.39, 0.29) is 23.1 Å². The number of sulfonamides is 1. The third-order valence-corrected chi connectivity index (χ3v) is 5.32. The molecule has 0 atom stereocenters. The summed E-state index contributed by atoms with van der Waals surface area (Å²) in [6, 6.07) is 11.6. The summed E-state index contributed by atoms with van der Waals surface area (Å²) in [5.74, 6) is 3.63. The highest BCUT2D eigenvalue weighted by atomic mass is 32.2. The van der Waals surface area contributed by atoms with Crippen LogP contribution in [0.4, 0.5) is 11.6 Å². The standard InChI is InChI=1S/C19H16N4O4S/c1-2-9-20-18-19(22-15-6-4-3-5-14(15)21-18)23-28(24,25)13-7-8-16-17(12-13)27-11-10-26-16/h1,3-8,12H,9-11H2,(H,20,21)(H,22,23). The van der Waals surface area contributed by atoms with Crippen molar-refractivity contribution in [3.63, 3.8) is 0 Å². The van der Waals surface area contributed by atoms with Crippen LogP contribution in [-0.4, -0.2) is 38.1 Å². The molecule has 1 aliphatic heterocycles. The third-order valence-electron chi connectivity index (χ3n) is 3.98. The summed E-state index contributed by atoms with van der Waals surface area (Å²) in [6.45, 7) is 0.959. The number of fused-ring (bicyclic) bond motifs is 2. The van der Waals surface area contributed by atoms with E-state index in [1.807, 2.05) is 6.07 Å². The number of benzene rings is 2. The first kappa shape index (κ1) is 17.9. The van der Waals surface area contributed by atoms with Gasteiger partial charge in [0.1, 0.15) is 13.2 Å². The van der Waals surface area contributed by atoms with Gasteiger partial charge in [0.25, 0.3) is 10.0 Å². The Morgan fingerprint density at radius 3 is 2.39 bits per heavy atom. The largest absolute Gasteiger partial charge is 0.486 e. The second kappa shape index (κ2) is 7.25. The molecule has 0 aliphatic carbocycles. The lowest BCUT2D eigenvalue weighted by Crippen LogP contribution is -2.18. The van der Waals surface area contributed by atoms with E-state index < -0.39 is 10.0 Å². The summed E-state index contributed by atoms with van der Waals surface area (Å²) < 4.78 is 39.2. The van der Waals surface area contributed by atoms with Crippen LogP contribution in [0.1, 0.15) is 0 Å². The quantitative estimate of drug-likeness (QED) is 0.638. The minimum atomic E-state index is -3.94. The first-order valence-corrected chi connectivity index (χ1v) is 9.92. The van der Waals surface area contributed by atoms with Gasteiger partial charge in [-0.15, -0.1) is 6.42 Å². The third kappa shape index (κ3) is 3.50. The van der Waals surface area contributed by atoms with Crippen molar-refractivity contribution in [3.05, 3.63) is 42.5 Å². The number of hydrogen-bond donors (Lipinski definition) is 2. The van der Waals surface area contributed by atoms with Crippen molar-refractivity contribution in [3.8, 4) is 23.8 Å². The fourth-order valence-electron chi connectivity index (χ4n) is 2.71. The van der Waals surface area contributed by atoms with E-state index in [9.17, 15) is 8.42 Å². The number of aromatic nitrogens is 2. The van der Waals surface area contributed by atoms with Crippen LogP contribution in [-0.2, 0) is 10.0 Å². The topological polar surface area (TPSA) is 102 Å². The minimum Gasteiger partial charge on any atom is -0.486 e. The van der Waals surface area contributed by atoms with Crippen molar-refractivity contribution in [1.82, 2.24) is 9.97 Å². The molecular formula is C19H16N4O4S. The smallest absolute Gasteiger partial charge is 0.263 e.